The van der Waals surface area contributed by atoms with Gasteiger partial charge >= 0.3 is 0 Å². The van der Waals surface area contributed by atoms with Gasteiger partial charge in [0.15, 0.2) is 0 Å². The van der Waals surface area contributed by atoms with E-state index in [-0.39, 0.29) is 6.61 Å². The van der Waals surface area contributed by atoms with Crippen molar-refractivity contribution in [1.29, 1.82) is 0 Å². The maximum Gasteiger partial charge on any atom is 0.0936 e. The summed E-state index contributed by atoms with van der Waals surface area (Å²) >= 11 is 5.21. The molecule has 18 heavy (non-hydrogen) atoms. The largest absolute Gasteiger partial charge is 0.396 e. The highest BCUT2D eigenvalue weighted by molar-refractivity contribution is 9.10. The maximum absolute atomic E-state index is 9.22. The third kappa shape index (κ3) is 3.19. The lowest BCUT2D eigenvalue weighted by molar-refractivity contribution is 0.222. The standard InChI is InChI=1S/C14H16BrNOS/c1-2-10(8-17)7-14-16-13(9-18-14)11-5-3-4-6-12(11)15/h3-6,9-10,17H,2,7-8H2,1H3. The molecule has 0 spiro atoms. The molecule has 0 fully saturated rings. The van der Waals surface area contributed by atoms with Gasteiger partial charge < -0.3 is 5.11 Å². The molecule has 0 saturated carbocycles. The average molecular weight is 326 g/mol. The third-order valence-corrected chi connectivity index (χ3v) is 4.56. The van der Waals surface area contributed by atoms with Gasteiger partial charge in [0, 0.05) is 28.4 Å². The summed E-state index contributed by atoms with van der Waals surface area (Å²) in [5.74, 6) is 0.322. The minimum Gasteiger partial charge on any atom is -0.396 e. The Kier molecular flexibility index (Phi) is 4.92. The van der Waals surface area contributed by atoms with Crippen LogP contribution in [-0.4, -0.2) is 16.7 Å². The summed E-state index contributed by atoms with van der Waals surface area (Å²) in [5.41, 5.74) is 2.13. The molecule has 0 bridgehead atoms. The topological polar surface area (TPSA) is 33.1 Å². The van der Waals surface area contributed by atoms with E-state index < -0.39 is 0 Å². The van der Waals surface area contributed by atoms with Crippen LogP contribution in [0.5, 0.6) is 0 Å². The highest BCUT2D eigenvalue weighted by atomic mass is 79.9. The molecule has 0 saturated heterocycles. The first kappa shape index (κ1) is 13.7. The molecular weight excluding hydrogens is 310 g/mol. The molecule has 2 nitrogen and oxygen atoms in total. The van der Waals surface area contributed by atoms with Crippen LogP contribution in [0.3, 0.4) is 0 Å². The number of nitrogens with zero attached hydrogens (tertiary/aromatic N) is 1. The number of aliphatic hydroxyl groups is 1. The Hall–Kier alpha value is -0.710. The zero-order valence-electron chi connectivity index (χ0n) is 10.3. The van der Waals surface area contributed by atoms with E-state index in [9.17, 15) is 5.11 Å². The van der Waals surface area contributed by atoms with Crippen LogP contribution >= 0.6 is 27.3 Å². The summed E-state index contributed by atoms with van der Waals surface area (Å²) in [6.45, 7) is 2.34. The van der Waals surface area contributed by atoms with E-state index in [0.29, 0.717) is 5.92 Å². The molecule has 0 aliphatic rings. The summed E-state index contributed by atoms with van der Waals surface area (Å²) in [6.07, 6.45) is 1.85. The molecule has 2 rings (SSSR count). The first-order valence-corrected chi connectivity index (χ1v) is 7.72. The Labute approximate surface area is 120 Å². The van der Waals surface area contributed by atoms with Crippen molar-refractivity contribution in [3.05, 3.63) is 39.1 Å². The molecular formula is C14H16BrNOS. The van der Waals surface area contributed by atoms with E-state index in [2.05, 4.69) is 39.3 Å². The van der Waals surface area contributed by atoms with Crippen molar-refractivity contribution in [2.75, 3.05) is 6.61 Å². The number of benzene rings is 1. The molecule has 1 unspecified atom stereocenters. The van der Waals surface area contributed by atoms with E-state index in [1.807, 2.05) is 18.2 Å². The van der Waals surface area contributed by atoms with Crippen molar-refractivity contribution in [3.63, 3.8) is 0 Å². The average Bonchev–Trinajstić information content (AvgIpc) is 2.85. The van der Waals surface area contributed by atoms with E-state index in [1.165, 1.54) is 0 Å². The SMILES string of the molecule is CCC(CO)Cc1nc(-c2ccccc2Br)cs1. The normalized spacial score (nSPS) is 12.6. The van der Waals surface area contributed by atoms with Crippen LogP contribution in [0.2, 0.25) is 0 Å². The molecule has 0 aliphatic carbocycles. The lowest BCUT2D eigenvalue weighted by atomic mass is 10.0. The Morgan fingerprint density at radius 2 is 2.17 bits per heavy atom. The van der Waals surface area contributed by atoms with Gasteiger partial charge in [-0.25, -0.2) is 4.98 Å². The van der Waals surface area contributed by atoms with Gasteiger partial charge in [0.05, 0.1) is 10.7 Å². The van der Waals surface area contributed by atoms with Gasteiger partial charge in [-0.2, -0.15) is 0 Å². The quantitative estimate of drug-likeness (QED) is 0.896. The molecule has 96 valence electrons. The van der Waals surface area contributed by atoms with E-state index >= 15 is 0 Å². The van der Waals surface area contributed by atoms with E-state index in [4.69, 9.17) is 0 Å². The summed E-state index contributed by atoms with van der Waals surface area (Å²) < 4.78 is 1.07. The first-order valence-electron chi connectivity index (χ1n) is 6.04. The zero-order chi connectivity index (χ0) is 13.0. The van der Waals surface area contributed by atoms with Gasteiger partial charge in [-0.3, -0.25) is 0 Å². The summed E-state index contributed by atoms with van der Waals surface area (Å²) in [4.78, 5) is 4.65. The maximum atomic E-state index is 9.22. The van der Waals surface area contributed by atoms with Gasteiger partial charge in [0.1, 0.15) is 0 Å². The summed E-state index contributed by atoms with van der Waals surface area (Å²) in [5, 5.41) is 12.4. The van der Waals surface area contributed by atoms with Crippen molar-refractivity contribution in [3.8, 4) is 11.3 Å². The van der Waals surface area contributed by atoms with Crippen molar-refractivity contribution >= 4 is 27.3 Å². The van der Waals surface area contributed by atoms with Crippen molar-refractivity contribution in [2.45, 2.75) is 19.8 Å². The lowest BCUT2D eigenvalue weighted by Crippen LogP contribution is -2.07. The molecule has 1 heterocycles. The minimum atomic E-state index is 0.237. The number of hydrogen-bond acceptors (Lipinski definition) is 3. The van der Waals surface area contributed by atoms with Crippen LogP contribution in [0.15, 0.2) is 34.1 Å². The Bertz CT molecular complexity index is 508. The second kappa shape index (κ2) is 6.45. The van der Waals surface area contributed by atoms with Crippen LogP contribution < -0.4 is 0 Å². The second-order valence-electron chi connectivity index (χ2n) is 4.27. The smallest absolute Gasteiger partial charge is 0.0936 e. The lowest BCUT2D eigenvalue weighted by Gasteiger charge is -2.08. The fourth-order valence-corrected chi connectivity index (χ4v) is 3.18. The number of thiazole rings is 1. The van der Waals surface area contributed by atoms with E-state index in [1.54, 1.807) is 11.3 Å². The zero-order valence-corrected chi connectivity index (χ0v) is 12.7. The predicted molar refractivity (Wildman–Crippen MR) is 79.8 cm³/mol. The van der Waals surface area contributed by atoms with Gasteiger partial charge in [0.25, 0.3) is 0 Å². The highest BCUT2D eigenvalue weighted by Crippen LogP contribution is 2.29. The Morgan fingerprint density at radius 1 is 1.39 bits per heavy atom. The van der Waals surface area contributed by atoms with Gasteiger partial charge in [0.2, 0.25) is 0 Å². The molecule has 2 aromatic rings. The number of aliphatic hydroxyl groups excluding tert-OH is 1. The van der Waals surface area contributed by atoms with Crippen LogP contribution in [0.25, 0.3) is 11.3 Å². The minimum absolute atomic E-state index is 0.237. The van der Waals surface area contributed by atoms with E-state index in [0.717, 1.165) is 33.6 Å². The number of hydrogen-bond donors (Lipinski definition) is 1. The highest BCUT2D eigenvalue weighted by Gasteiger charge is 2.11. The second-order valence-corrected chi connectivity index (χ2v) is 6.06. The molecule has 1 atom stereocenters. The van der Waals surface area contributed by atoms with Gasteiger partial charge in [-0.1, -0.05) is 47.5 Å². The fraction of sp³-hybridized carbons (Fsp3) is 0.357. The van der Waals surface area contributed by atoms with Crippen molar-refractivity contribution in [2.24, 2.45) is 5.92 Å². The third-order valence-electron chi connectivity index (χ3n) is 3.00. The number of rotatable bonds is 5. The van der Waals surface area contributed by atoms with Crippen LogP contribution in [-0.2, 0) is 6.42 Å². The van der Waals surface area contributed by atoms with Crippen molar-refractivity contribution < 1.29 is 5.11 Å². The molecule has 4 heteroatoms. The predicted octanol–water partition coefficient (Wildman–Crippen LogP) is 4.13. The van der Waals surface area contributed by atoms with Gasteiger partial charge in [-0.05, 0) is 12.0 Å². The summed E-state index contributed by atoms with van der Waals surface area (Å²) in [7, 11) is 0. The fourth-order valence-electron chi connectivity index (χ4n) is 1.78. The van der Waals surface area contributed by atoms with Gasteiger partial charge in [-0.15, -0.1) is 11.3 Å². The van der Waals surface area contributed by atoms with Crippen LogP contribution in [0.4, 0.5) is 0 Å². The monoisotopic (exact) mass is 325 g/mol. The number of halogens is 1. The number of aromatic nitrogens is 1. The Morgan fingerprint density at radius 3 is 2.83 bits per heavy atom. The summed E-state index contributed by atoms with van der Waals surface area (Å²) in [6, 6.07) is 8.10. The molecule has 1 aromatic carbocycles. The molecule has 0 amide bonds. The molecule has 1 N–H and O–H groups in total. The molecule has 0 radical (unpaired) electrons. The Balaban J connectivity index is 2.18. The first-order chi connectivity index (χ1) is 8.74. The van der Waals surface area contributed by atoms with Crippen LogP contribution in [0.1, 0.15) is 18.4 Å². The molecule has 0 aliphatic heterocycles. The van der Waals surface area contributed by atoms with Crippen LogP contribution in [0, 0.1) is 5.92 Å². The van der Waals surface area contributed by atoms with Crippen molar-refractivity contribution in [1.82, 2.24) is 4.98 Å². The molecule has 1 aromatic heterocycles.